The molecular weight excluding hydrogens is 255 g/mol. The zero-order valence-electron chi connectivity index (χ0n) is 8.25. The minimum Gasteiger partial charge on any atom is -0.475 e. The second kappa shape index (κ2) is 5.16. The van der Waals surface area contributed by atoms with Crippen LogP contribution in [-0.2, 0) is 0 Å². The van der Waals surface area contributed by atoms with E-state index in [-0.39, 0.29) is 16.0 Å². The van der Waals surface area contributed by atoms with Crippen LogP contribution in [0.2, 0.25) is 5.22 Å². The first-order valence-electron chi connectivity index (χ1n) is 4.23. The molecule has 1 aromatic rings. The highest BCUT2D eigenvalue weighted by Gasteiger charge is 2.21. The van der Waals surface area contributed by atoms with E-state index in [0.717, 1.165) is 6.21 Å². The van der Waals surface area contributed by atoms with Gasteiger partial charge in [0.25, 0.3) is 0 Å². The molecule has 4 N–H and O–H groups in total. The van der Waals surface area contributed by atoms with Gasteiger partial charge < -0.3 is 20.2 Å². The van der Waals surface area contributed by atoms with Crippen molar-refractivity contribution in [2.24, 2.45) is 0 Å². The summed E-state index contributed by atoms with van der Waals surface area (Å²) in [5.41, 5.74) is 0.813. The summed E-state index contributed by atoms with van der Waals surface area (Å²) in [5.74, 6) is -1.48. The summed E-state index contributed by atoms with van der Waals surface area (Å²) in [5, 5.41) is 17.5. The third-order valence-corrected chi connectivity index (χ3v) is 2.45. The molecule has 0 saturated carbocycles. The van der Waals surface area contributed by atoms with Crippen LogP contribution in [-0.4, -0.2) is 24.3 Å². The number of nitrogens with one attached hydrogen (secondary N) is 1. The van der Waals surface area contributed by atoms with Crippen molar-refractivity contribution in [3.05, 3.63) is 27.6 Å². The monoisotopic (exact) mass is 263 g/mol. The third-order valence-electron chi connectivity index (χ3n) is 1.86. The standard InChI is InChI=1S/C9H8Cl2N2O3/c1-13-7(5(10)3-12)4-2-6(9(14)15)16-8(4)11/h2-3,12-13H,1H3,(H,14,15)/p+1/b7-5+,12-3?. The number of hydrogen-bond acceptors (Lipinski definition) is 3. The molecular formula is C9H9Cl2N2O3+. The van der Waals surface area contributed by atoms with Crippen LogP contribution in [0.3, 0.4) is 0 Å². The molecule has 0 atom stereocenters. The predicted molar refractivity (Wildman–Crippen MR) is 60.1 cm³/mol. The molecule has 1 rings (SSSR count). The number of furan rings is 1. The van der Waals surface area contributed by atoms with E-state index in [1.54, 1.807) is 12.4 Å². The summed E-state index contributed by atoms with van der Waals surface area (Å²) in [6.07, 6.45) is 0.945. The molecule has 0 unspecified atom stereocenters. The summed E-state index contributed by atoms with van der Waals surface area (Å²) in [6.45, 7) is 0. The van der Waals surface area contributed by atoms with Crippen LogP contribution in [0, 0.1) is 5.41 Å². The van der Waals surface area contributed by atoms with Gasteiger partial charge in [0.15, 0.2) is 5.70 Å². The van der Waals surface area contributed by atoms with E-state index in [1.165, 1.54) is 6.07 Å². The first-order chi connectivity index (χ1) is 7.51. The molecule has 0 aromatic carbocycles. The van der Waals surface area contributed by atoms with Crippen molar-refractivity contribution >= 4 is 41.1 Å². The Balaban J connectivity index is 3.32. The van der Waals surface area contributed by atoms with Crippen LogP contribution < -0.4 is 5.32 Å². The minimum atomic E-state index is -1.21. The highest BCUT2D eigenvalue weighted by molar-refractivity contribution is 6.42. The number of nitrogens with two attached hydrogens (primary N) is 1. The number of halogens is 2. The minimum absolute atomic E-state index is 0.0644. The largest absolute Gasteiger partial charge is 0.475 e. The average molecular weight is 264 g/mol. The zero-order chi connectivity index (χ0) is 12.3. The molecule has 0 aliphatic heterocycles. The maximum atomic E-state index is 10.7. The number of rotatable bonds is 4. The fraction of sp³-hybridized carbons (Fsp3) is 0.111. The Morgan fingerprint density at radius 1 is 1.69 bits per heavy atom. The molecule has 7 heteroatoms. The Morgan fingerprint density at radius 3 is 2.69 bits per heavy atom. The van der Waals surface area contributed by atoms with Gasteiger partial charge in [0.1, 0.15) is 5.03 Å². The Bertz CT molecular complexity index is 465. The second-order valence-electron chi connectivity index (χ2n) is 2.80. The van der Waals surface area contributed by atoms with Crippen molar-refractivity contribution in [1.82, 2.24) is 0 Å². The van der Waals surface area contributed by atoms with E-state index in [4.69, 9.17) is 38.1 Å². The van der Waals surface area contributed by atoms with Crippen LogP contribution in [0.5, 0.6) is 0 Å². The van der Waals surface area contributed by atoms with Crippen molar-refractivity contribution in [2.75, 3.05) is 7.05 Å². The van der Waals surface area contributed by atoms with Gasteiger partial charge in [-0.05, 0) is 11.6 Å². The quantitative estimate of drug-likeness (QED) is 0.717. The van der Waals surface area contributed by atoms with Crippen molar-refractivity contribution in [3.63, 3.8) is 0 Å². The van der Waals surface area contributed by atoms with E-state index in [0.29, 0.717) is 11.3 Å². The highest BCUT2D eigenvalue weighted by atomic mass is 35.5. The summed E-state index contributed by atoms with van der Waals surface area (Å²) in [6, 6.07) is 1.27. The molecule has 5 nitrogen and oxygen atoms in total. The number of aromatic carboxylic acids is 1. The van der Waals surface area contributed by atoms with Crippen LogP contribution in [0.15, 0.2) is 15.5 Å². The lowest BCUT2D eigenvalue weighted by Gasteiger charge is -1.99. The number of allylic oxidation sites excluding steroid dienone is 1. The first-order valence-corrected chi connectivity index (χ1v) is 4.99. The van der Waals surface area contributed by atoms with Gasteiger partial charge in [0, 0.05) is 12.3 Å². The van der Waals surface area contributed by atoms with Gasteiger partial charge in [0.05, 0.1) is 12.6 Å². The summed E-state index contributed by atoms with van der Waals surface area (Å²) in [4.78, 5) is 10.7. The van der Waals surface area contributed by atoms with Crippen molar-refractivity contribution in [1.29, 1.82) is 5.41 Å². The molecule has 0 bridgehead atoms. The average Bonchev–Trinajstić information content (AvgIpc) is 2.62. The smallest absolute Gasteiger partial charge is 0.371 e. The first kappa shape index (κ1) is 12.8. The Hall–Kier alpha value is -1.30. The molecule has 0 aliphatic rings. The molecule has 86 valence electrons. The number of carboxylic acid groups (broad SMARTS) is 1. The van der Waals surface area contributed by atoms with E-state index in [9.17, 15) is 4.79 Å². The lowest BCUT2D eigenvalue weighted by molar-refractivity contribution is -0.530. The van der Waals surface area contributed by atoms with Crippen LogP contribution in [0.1, 0.15) is 16.1 Å². The van der Waals surface area contributed by atoms with E-state index >= 15 is 0 Å². The van der Waals surface area contributed by atoms with Gasteiger partial charge in [-0.25, -0.2) is 4.79 Å². The van der Waals surface area contributed by atoms with E-state index < -0.39 is 5.97 Å². The molecule has 0 amide bonds. The molecule has 0 fully saturated rings. The maximum absolute atomic E-state index is 10.7. The number of quaternary nitrogens is 1. The van der Waals surface area contributed by atoms with E-state index in [1.807, 2.05) is 0 Å². The number of carbonyl (C=O) groups is 1. The SMILES string of the molecule is C[NH2+]/C(=C(/Cl)C=N)c1cc(C(=O)O)oc1Cl. The van der Waals surface area contributed by atoms with Gasteiger partial charge in [-0.1, -0.05) is 11.6 Å². The van der Waals surface area contributed by atoms with Crippen LogP contribution in [0.25, 0.3) is 5.70 Å². The van der Waals surface area contributed by atoms with E-state index in [2.05, 4.69) is 0 Å². The van der Waals surface area contributed by atoms with Gasteiger partial charge in [-0.3, -0.25) is 0 Å². The van der Waals surface area contributed by atoms with Crippen molar-refractivity contribution < 1.29 is 19.6 Å². The Kier molecular flexibility index (Phi) is 4.12. The fourth-order valence-corrected chi connectivity index (χ4v) is 1.61. The summed E-state index contributed by atoms with van der Waals surface area (Å²) >= 11 is 11.5. The molecule has 1 aromatic heterocycles. The lowest BCUT2D eigenvalue weighted by Crippen LogP contribution is -2.76. The lowest BCUT2D eigenvalue weighted by atomic mass is 10.2. The van der Waals surface area contributed by atoms with Gasteiger partial charge in [-0.15, -0.1) is 0 Å². The van der Waals surface area contributed by atoms with Crippen LogP contribution >= 0.6 is 23.2 Å². The predicted octanol–water partition coefficient (Wildman–Crippen LogP) is 1.38. The Morgan fingerprint density at radius 2 is 2.31 bits per heavy atom. The maximum Gasteiger partial charge on any atom is 0.371 e. The number of carboxylic acids is 1. The highest BCUT2D eigenvalue weighted by Crippen LogP contribution is 2.26. The molecule has 0 spiro atoms. The fourth-order valence-electron chi connectivity index (χ4n) is 1.16. The molecule has 1 heterocycles. The van der Waals surface area contributed by atoms with Crippen molar-refractivity contribution in [3.8, 4) is 0 Å². The summed E-state index contributed by atoms with van der Waals surface area (Å²) < 4.78 is 4.83. The van der Waals surface area contributed by atoms with Gasteiger partial charge in [-0.2, -0.15) is 0 Å². The summed E-state index contributed by atoms with van der Waals surface area (Å²) in [7, 11) is 1.70. The molecule has 0 saturated heterocycles. The van der Waals surface area contributed by atoms with Crippen molar-refractivity contribution in [2.45, 2.75) is 0 Å². The second-order valence-corrected chi connectivity index (χ2v) is 3.55. The normalized spacial score (nSPS) is 12.2. The van der Waals surface area contributed by atoms with Crippen LogP contribution in [0.4, 0.5) is 0 Å². The zero-order valence-corrected chi connectivity index (χ0v) is 9.76. The molecule has 16 heavy (non-hydrogen) atoms. The van der Waals surface area contributed by atoms with Gasteiger partial charge in [0.2, 0.25) is 11.0 Å². The van der Waals surface area contributed by atoms with Gasteiger partial charge >= 0.3 is 5.97 Å². The molecule has 0 radical (unpaired) electrons. The number of hydrogen-bond donors (Lipinski definition) is 3. The topological polar surface area (TPSA) is 90.9 Å². The molecule has 0 aliphatic carbocycles. The Labute approximate surface area is 101 Å². The third kappa shape index (κ3) is 2.44.